The Morgan fingerprint density at radius 1 is 1.05 bits per heavy atom. The molecule has 1 N–H and O–H groups in total. The van der Waals surface area contributed by atoms with E-state index in [0.29, 0.717) is 16.8 Å². The highest BCUT2D eigenvalue weighted by Crippen LogP contribution is 2.13. The van der Waals surface area contributed by atoms with Crippen LogP contribution in [-0.4, -0.2) is 5.78 Å². The van der Waals surface area contributed by atoms with E-state index in [4.69, 9.17) is 5.26 Å². The molecule has 0 fully saturated rings. The van der Waals surface area contributed by atoms with E-state index < -0.39 is 0 Å². The van der Waals surface area contributed by atoms with Gasteiger partial charge in [0.25, 0.3) is 0 Å². The first-order valence-electron chi connectivity index (χ1n) is 5.83. The van der Waals surface area contributed by atoms with Gasteiger partial charge in [-0.2, -0.15) is 5.26 Å². The van der Waals surface area contributed by atoms with Gasteiger partial charge >= 0.3 is 0 Å². The predicted molar refractivity (Wildman–Crippen MR) is 74.7 cm³/mol. The molecule has 3 nitrogen and oxygen atoms in total. The average molecular weight is 248 g/mol. The van der Waals surface area contributed by atoms with Crippen molar-refractivity contribution in [3.63, 3.8) is 0 Å². The van der Waals surface area contributed by atoms with Crippen molar-refractivity contribution in [2.45, 2.75) is 0 Å². The van der Waals surface area contributed by atoms with Gasteiger partial charge in [0, 0.05) is 17.8 Å². The molecule has 0 amide bonds. The maximum Gasteiger partial charge on any atom is 0.187 e. The minimum atomic E-state index is -0.0810. The second-order valence-corrected chi connectivity index (χ2v) is 3.87. The summed E-state index contributed by atoms with van der Waals surface area (Å²) in [7, 11) is 0. The van der Waals surface area contributed by atoms with E-state index in [1.54, 1.807) is 36.5 Å². The van der Waals surface area contributed by atoms with E-state index in [1.165, 1.54) is 6.08 Å². The first-order valence-corrected chi connectivity index (χ1v) is 5.83. The molecule has 19 heavy (non-hydrogen) atoms. The molecule has 0 radical (unpaired) electrons. The molecule has 0 bridgehead atoms. The molecule has 2 aromatic carbocycles. The van der Waals surface area contributed by atoms with Crippen LogP contribution < -0.4 is 5.32 Å². The van der Waals surface area contributed by atoms with E-state index >= 15 is 0 Å². The van der Waals surface area contributed by atoms with Crippen molar-refractivity contribution in [3.05, 3.63) is 78.0 Å². The number of nitrogens with zero attached hydrogens (tertiary/aromatic N) is 1. The molecule has 0 aliphatic carbocycles. The Bertz CT molecular complexity index is 639. The molecule has 2 aromatic rings. The van der Waals surface area contributed by atoms with Crippen LogP contribution in [0.4, 0.5) is 5.69 Å². The summed E-state index contributed by atoms with van der Waals surface area (Å²) in [5.74, 6) is -0.0810. The number of benzene rings is 2. The van der Waals surface area contributed by atoms with E-state index in [2.05, 4.69) is 11.4 Å². The van der Waals surface area contributed by atoms with Gasteiger partial charge in [0.05, 0.1) is 11.3 Å². The molecular weight excluding hydrogens is 236 g/mol. The molecule has 0 spiro atoms. The highest BCUT2D eigenvalue weighted by molar-refractivity contribution is 6.04. The molecule has 0 aromatic heterocycles. The minimum Gasteiger partial charge on any atom is -0.360 e. The molecule has 0 aliphatic heterocycles. The summed E-state index contributed by atoms with van der Waals surface area (Å²) in [5, 5.41) is 11.9. The predicted octanol–water partition coefficient (Wildman–Crippen LogP) is 3.37. The molecular formula is C16H12N2O. The molecule has 2 rings (SSSR count). The Hall–Kier alpha value is -2.86. The van der Waals surface area contributed by atoms with Crippen LogP contribution in [0.3, 0.4) is 0 Å². The largest absolute Gasteiger partial charge is 0.360 e. The topological polar surface area (TPSA) is 52.9 Å². The van der Waals surface area contributed by atoms with Crippen LogP contribution in [0.2, 0.25) is 0 Å². The summed E-state index contributed by atoms with van der Waals surface area (Å²) in [6.07, 6.45) is 3.00. The van der Waals surface area contributed by atoms with Crippen molar-refractivity contribution in [1.82, 2.24) is 0 Å². The molecule has 0 aliphatic rings. The highest BCUT2D eigenvalue weighted by Gasteiger charge is 2.00. The molecule has 0 unspecified atom stereocenters. The zero-order chi connectivity index (χ0) is 13.5. The number of anilines is 1. The van der Waals surface area contributed by atoms with Crippen molar-refractivity contribution in [1.29, 1.82) is 5.26 Å². The van der Waals surface area contributed by atoms with Crippen molar-refractivity contribution >= 4 is 11.5 Å². The molecule has 0 saturated carbocycles. The molecule has 92 valence electrons. The van der Waals surface area contributed by atoms with Crippen LogP contribution >= 0.6 is 0 Å². The first-order chi connectivity index (χ1) is 9.31. The van der Waals surface area contributed by atoms with Gasteiger partial charge in [0.15, 0.2) is 5.78 Å². The molecule has 0 atom stereocenters. The number of rotatable bonds is 4. The van der Waals surface area contributed by atoms with Crippen LogP contribution in [0, 0.1) is 11.3 Å². The number of allylic oxidation sites excluding steroid dienone is 1. The highest BCUT2D eigenvalue weighted by atomic mass is 16.1. The second kappa shape index (κ2) is 6.18. The summed E-state index contributed by atoms with van der Waals surface area (Å²) in [5.41, 5.74) is 1.86. The summed E-state index contributed by atoms with van der Waals surface area (Å²) in [6, 6.07) is 18.2. The summed E-state index contributed by atoms with van der Waals surface area (Å²) >= 11 is 0. The van der Waals surface area contributed by atoms with Gasteiger partial charge in [-0.1, -0.05) is 42.5 Å². The fraction of sp³-hybridized carbons (Fsp3) is 0. The number of para-hydroxylation sites is 1. The first kappa shape index (κ1) is 12.6. The summed E-state index contributed by atoms with van der Waals surface area (Å²) in [4.78, 5) is 11.8. The van der Waals surface area contributed by atoms with Crippen LogP contribution in [0.15, 0.2) is 66.9 Å². The van der Waals surface area contributed by atoms with Crippen molar-refractivity contribution < 1.29 is 4.79 Å². The van der Waals surface area contributed by atoms with E-state index in [-0.39, 0.29) is 5.78 Å². The van der Waals surface area contributed by atoms with Gasteiger partial charge in [-0.3, -0.25) is 4.79 Å². The van der Waals surface area contributed by atoms with E-state index in [9.17, 15) is 4.79 Å². The number of carbonyl (C=O) groups is 1. The fourth-order valence-corrected chi connectivity index (χ4v) is 1.61. The molecule has 0 saturated heterocycles. The van der Waals surface area contributed by atoms with Crippen LogP contribution in [0.5, 0.6) is 0 Å². The smallest absolute Gasteiger partial charge is 0.187 e. The van der Waals surface area contributed by atoms with Crippen molar-refractivity contribution in [3.8, 4) is 6.07 Å². The zero-order valence-electron chi connectivity index (χ0n) is 10.2. The van der Waals surface area contributed by atoms with Gasteiger partial charge in [0.2, 0.25) is 0 Å². The van der Waals surface area contributed by atoms with Gasteiger partial charge in [-0.15, -0.1) is 0 Å². The lowest BCUT2D eigenvalue weighted by Crippen LogP contribution is -1.96. The standard InChI is InChI=1S/C16H12N2O/c17-12-14-8-4-5-9-15(14)18-11-10-16(19)13-6-2-1-3-7-13/h1-11,18H. The minimum absolute atomic E-state index is 0.0810. The molecule has 3 heteroatoms. The van der Waals surface area contributed by atoms with Gasteiger partial charge in [-0.25, -0.2) is 0 Å². The van der Waals surface area contributed by atoms with Crippen LogP contribution in [0.1, 0.15) is 15.9 Å². The number of carbonyl (C=O) groups excluding carboxylic acids is 1. The number of nitrogens with one attached hydrogen (secondary N) is 1. The number of hydrogen-bond donors (Lipinski definition) is 1. The lowest BCUT2D eigenvalue weighted by molar-refractivity contribution is 0.104. The monoisotopic (exact) mass is 248 g/mol. The Morgan fingerprint density at radius 2 is 1.74 bits per heavy atom. The van der Waals surface area contributed by atoms with Gasteiger partial charge < -0.3 is 5.32 Å². The average Bonchev–Trinajstić information content (AvgIpc) is 2.48. The fourth-order valence-electron chi connectivity index (χ4n) is 1.61. The maximum atomic E-state index is 11.8. The van der Waals surface area contributed by atoms with Crippen molar-refractivity contribution in [2.24, 2.45) is 0 Å². The van der Waals surface area contributed by atoms with Gasteiger partial charge in [-0.05, 0) is 12.1 Å². The van der Waals surface area contributed by atoms with Crippen LogP contribution in [-0.2, 0) is 0 Å². The Kier molecular flexibility index (Phi) is 4.09. The summed E-state index contributed by atoms with van der Waals surface area (Å²) in [6.45, 7) is 0. The Morgan fingerprint density at radius 3 is 2.47 bits per heavy atom. The lowest BCUT2D eigenvalue weighted by atomic mass is 10.1. The van der Waals surface area contributed by atoms with Crippen molar-refractivity contribution in [2.75, 3.05) is 5.32 Å². The quantitative estimate of drug-likeness (QED) is 0.666. The summed E-state index contributed by atoms with van der Waals surface area (Å²) < 4.78 is 0. The van der Waals surface area contributed by atoms with Crippen LogP contribution in [0.25, 0.3) is 0 Å². The Labute approximate surface area is 111 Å². The number of ketones is 1. The normalized spacial score (nSPS) is 10.1. The third-order valence-corrected chi connectivity index (χ3v) is 2.58. The van der Waals surface area contributed by atoms with Gasteiger partial charge in [0.1, 0.15) is 6.07 Å². The van der Waals surface area contributed by atoms with E-state index in [1.807, 2.05) is 24.3 Å². The number of nitriles is 1. The lowest BCUT2D eigenvalue weighted by Gasteiger charge is -2.02. The zero-order valence-corrected chi connectivity index (χ0v) is 10.2. The SMILES string of the molecule is N#Cc1ccccc1NC=CC(=O)c1ccccc1. The number of hydrogen-bond acceptors (Lipinski definition) is 3. The Balaban J connectivity index is 2.05. The second-order valence-electron chi connectivity index (χ2n) is 3.87. The third-order valence-electron chi connectivity index (χ3n) is 2.58. The molecule has 0 heterocycles. The van der Waals surface area contributed by atoms with E-state index in [0.717, 1.165) is 0 Å². The third kappa shape index (κ3) is 3.30. The maximum absolute atomic E-state index is 11.8.